The van der Waals surface area contributed by atoms with Gasteiger partial charge in [-0.25, -0.2) is 26.9 Å². The minimum absolute atomic E-state index is 0.171. The van der Waals surface area contributed by atoms with E-state index in [1.54, 1.807) is 13.1 Å². The van der Waals surface area contributed by atoms with E-state index in [2.05, 4.69) is 25.6 Å². The molecule has 0 radical (unpaired) electrons. The minimum atomic E-state index is -4.15. The van der Waals surface area contributed by atoms with Gasteiger partial charge in [0.2, 0.25) is 10.0 Å². The van der Waals surface area contributed by atoms with Crippen LogP contribution in [0.15, 0.2) is 27.7 Å². The average molecular weight is 397 g/mol. The summed E-state index contributed by atoms with van der Waals surface area (Å²) >= 11 is 4.21. The highest BCUT2D eigenvalue weighted by molar-refractivity contribution is 9.10. The summed E-state index contributed by atoms with van der Waals surface area (Å²) in [7, 11) is -4.15. The van der Waals surface area contributed by atoms with Crippen LogP contribution in [0.25, 0.3) is 0 Å². The predicted octanol–water partition coefficient (Wildman–Crippen LogP) is 3.53. The van der Waals surface area contributed by atoms with E-state index in [1.807, 2.05) is 6.92 Å². The predicted molar refractivity (Wildman–Crippen MR) is 79.6 cm³/mol. The van der Waals surface area contributed by atoms with E-state index in [9.17, 15) is 17.2 Å². The molecule has 21 heavy (non-hydrogen) atoms. The summed E-state index contributed by atoms with van der Waals surface area (Å²) in [5.41, 5.74) is 0. The molecule has 2 rings (SSSR count). The third kappa shape index (κ3) is 3.65. The molecule has 0 saturated heterocycles. The largest absolute Gasteiger partial charge is 0.248 e. The van der Waals surface area contributed by atoms with Crippen LogP contribution < -0.4 is 4.72 Å². The van der Waals surface area contributed by atoms with Crippen molar-refractivity contribution in [3.05, 3.63) is 44.3 Å². The SMILES string of the molecule is Cc1cnc(C(C)NS(=O)(=O)c2c(F)cc(F)cc2Br)s1. The average Bonchev–Trinajstić information content (AvgIpc) is 2.73. The summed E-state index contributed by atoms with van der Waals surface area (Å²) in [6, 6.07) is 0.804. The Labute approximate surface area is 133 Å². The highest BCUT2D eigenvalue weighted by Crippen LogP contribution is 2.28. The van der Waals surface area contributed by atoms with E-state index in [4.69, 9.17) is 0 Å². The molecule has 2 aromatic rings. The molecule has 0 aliphatic rings. The number of aryl methyl sites for hydroxylation is 1. The van der Waals surface area contributed by atoms with Crippen molar-refractivity contribution in [3.63, 3.8) is 0 Å². The number of nitrogens with one attached hydrogen (secondary N) is 1. The lowest BCUT2D eigenvalue weighted by atomic mass is 10.3. The Hall–Kier alpha value is -0.900. The number of rotatable bonds is 4. The van der Waals surface area contributed by atoms with Crippen LogP contribution in [-0.2, 0) is 10.0 Å². The second-order valence-corrected chi connectivity index (χ2v) is 8.12. The minimum Gasteiger partial charge on any atom is -0.248 e. The second-order valence-electron chi connectivity index (χ2n) is 4.35. The van der Waals surface area contributed by atoms with Gasteiger partial charge in [-0.3, -0.25) is 0 Å². The summed E-state index contributed by atoms with van der Waals surface area (Å²) in [5.74, 6) is -2.01. The zero-order chi connectivity index (χ0) is 15.8. The smallest absolute Gasteiger partial charge is 0.245 e. The van der Waals surface area contributed by atoms with Crippen LogP contribution in [0.2, 0.25) is 0 Å². The van der Waals surface area contributed by atoms with Crippen LogP contribution in [0.3, 0.4) is 0 Å². The van der Waals surface area contributed by atoms with Crippen molar-refractivity contribution < 1.29 is 17.2 Å². The second kappa shape index (κ2) is 6.07. The topological polar surface area (TPSA) is 59.1 Å². The Morgan fingerprint density at radius 3 is 2.57 bits per heavy atom. The summed E-state index contributed by atoms with van der Waals surface area (Å²) in [5, 5.41) is 0.565. The summed E-state index contributed by atoms with van der Waals surface area (Å²) in [6.07, 6.45) is 1.62. The first-order valence-corrected chi connectivity index (χ1v) is 8.89. The van der Waals surface area contributed by atoms with Crippen molar-refractivity contribution in [2.45, 2.75) is 24.8 Å². The number of aromatic nitrogens is 1. The molecule has 1 N–H and O–H groups in total. The van der Waals surface area contributed by atoms with Gasteiger partial charge >= 0.3 is 0 Å². The molecule has 1 atom stereocenters. The molecule has 0 fully saturated rings. The van der Waals surface area contributed by atoms with Gasteiger partial charge in [0.1, 0.15) is 21.5 Å². The quantitative estimate of drug-likeness (QED) is 0.859. The highest BCUT2D eigenvalue weighted by atomic mass is 79.9. The Bertz CT molecular complexity index is 754. The fraction of sp³-hybridized carbons (Fsp3) is 0.250. The van der Waals surface area contributed by atoms with E-state index in [0.29, 0.717) is 11.1 Å². The van der Waals surface area contributed by atoms with Gasteiger partial charge in [-0.15, -0.1) is 11.3 Å². The summed E-state index contributed by atoms with van der Waals surface area (Å²) in [4.78, 5) is 4.39. The zero-order valence-corrected chi connectivity index (χ0v) is 14.2. The molecule has 1 aromatic heterocycles. The van der Waals surface area contributed by atoms with Crippen LogP contribution in [0.4, 0.5) is 8.78 Å². The third-order valence-corrected chi connectivity index (χ3v) is 6.17. The molecule has 0 saturated carbocycles. The number of halogens is 3. The molecule has 4 nitrogen and oxygen atoms in total. The molecule has 0 bridgehead atoms. The lowest BCUT2D eigenvalue weighted by Gasteiger charge is -2.13. The van der Waals surface area contributed by atoms with Crippen molar-refractivity contribution in [3.8, 4) is 0 Å². The first-order valence-electron chi connectivity index (χ1n) is 5.80. The van der Waals surface area contributed by atoms with Crippen LogP contribution in [0.5, 0.6) is 0 Å². The maximum atomic E-state index is 13.8. The van der Waals surface area contributed by atoms with Gasteiger partial charge in [-0.05, 0) is 35.8 Å². The van der Waals surface area contributed by atoms with Gasteiger partial charge < -0.3 is 0 Å². The fourth-order valence-corrected chi connectivity index (χ4v) is 4.92. The molecule has 9 heteroatoms. The number of hydrogen-bond donors (Lipinski definition) is 1. The van der Waals surface area contributed by atoms with Crippen molar-refractivity contribution in [1.82, 2.24) is 9.71 Å². The molecule has 0 amide bonds. The van der Waals surface area contributed by atoms with Crippen molar-refractivity contribution in [1.29, 1.82) is 0 Å². The van der Waals surface area contributed by atoms with Crippen LogP contribution in [0.1, 0.15) is 22.9 Å². The zero-order valence-electron chi connectivity index (χ0n) is 11.0. The molecule has 0 aliphatic heterocycles. The number of hydrogen-bond acceptors (Lipinski definition) is 4. The number of thiazole rings is 1. The molecular weight excluding hydrogens is 386 g/mol. The van der Waals surface area contributed by atoms with E-state index in [0.717, 1.165) is 10.9 Å². The number of nitrogens with zero attached hydrogens (tertiary/aromatic N) is 1. The molecule has 114 valence electrons. The van der Waals surface area contributed by atoms with E-state index < -0.39 is 32.6 Å². The monoisotopic (exact) mass is 396 g/mol. The Morgan fingerprint density at radius 1 is 1.38 bits per heavy atom. The molecule has 1 unspecified atom stereocenters. The lowest BCUT2D eigenvalue weighted by Crippen LogP contribution is -2.28. The molecule has 0 aliphatic carbocycles. The standard InChI is InChI=1S/C12H11BrF2N2O2S2/c1-6-5-16-12(20-6)7(2)17-21(18,19)11-9(13)3-8(14)4-10(11)15/h3-5,7,17H,1-2H3. The van der Waals surface area contributed by atoms with Gasteiger partial charge in [-0.1, -0.05) is 0 Å². The fourth-order valence-electron chi connectivity index (χ4n) is 1.70. The van der Waals surface area contributed by atoms with Crippen LogP contribution in [0, 0.1) is 18.6 Å². The maximum Gasteiger partial charge on any atom is 0.245 e. The maximum absolute atomic E-state index is 13.8. The Balaban J connectivity index is 2.35. The van der Waals surface area contributed by atoms with Crippen molar-refractivity contribution >= 4 is 37.3 Å². The van der Waals surface area contributed by atoms with E-state index >= 15 is 0 Å². The van der Waals surface area contributed by atoms with Crippen LogP contribution in [-0.4, -0.2) is 13.4 Å². The summed E-state index contributed by atoms with van der Waals surface area (Å²) < 4.78 is 53.5. The summed E-state index contributed by atoms with van der Waals surface area (Å²) in [6.45, 7) is 3.45. The third-order valence-electron chi connectivity index (χ3n) is 2.57. The van der Waals surface area contributed by atoms with Crippen molar-refractivity contribution in [2.24, 2.45) is 0 Å². The first-order chi connectivity index (χ1) is 9.70. The molecule has 0 spiro atoms. The normalized spacial score (nSPS) is 13.4. The highest BCUT2D eigenvalue weighted by Gasteiger charge is 2.26. The number of sulfonamides is 1. The van der Waals surface area contributed by atoms with Gasteiger partial charge in [-0.2, -0.15) is 0 Å². The van der Waals surface area contributed by atoms with Gasteiger partial charge in [0.25, 0.3) is 0 Å². The van der Waals surface area contributed by atoms with E-state index in [-0.39, 0.29) is 4.47 Å². The van der Waals surface area contributed by atoms with Gasteiger partial charge in [0.15, 0.2) is 0 Å². The van der Waals surface area contributed by atoms with Crippen molar-refractivity contribution in [2.75, 3.05) is 0 Å². The van der Waals surface area contributed by atoms with Gasteiger partial charge in [0.05, 0.1) is 6.04 Å². The number of benzene rings is 1. The Kier molecular flexibility index (Phi) is 4.76. The van der Waals surface area contributed by atoms with E-state index in [1.165, 1.54) is 11.3 Å². The molecular formula is C12H11BrF2N2O2S2. The first kappa shape index (κ1) is 16.5. The molecule has 1 heterocycles. The van der Waals surface area contributed by atoms with Gasteiger partial charge in [0, 0.05) is 21.6 Å². The van der Waals surface area contributed by atoms with Crippen LogP contribution >= 0.6 is 27.3 Å². The molecule has 1 aromatic carbocycles. The Morgan fingerprint density at radius 2 is 2.05 bits per heavy atom. The lowest BCUT2D eigenvalue weighted by molar-refractivity contribution is 0.534.